The summed E-state index contributed by atoms with van der Waals surface area (Å²) in [5.41, 5.74) is 11.5. The van der Waals surface area contributed by atoms with Crippen molar-refractivity contribution in [2.45, 2.75) is 38.6 Å². The third-order valence-electron chi connectivity index (χ3n) is 6.91. The smallest absolute Gasteiger partial charge is 0.317 e. The normalized spacial score (nSPS) is 19.2. The van der Waals surface area contributed by atoms with Crippen molar-refractivity contribution in [2.75, 3.05) is 25.4 Å². The standard InChI is InChI=1S/C25H28N6O2/c1-3-27-24(33)30-10-8-25(15-30)9-11-31-22(25)13-21(29-31)19-12-20(23(26)28-14-19)18-6-4-17(5-7-18)16(2)32/h4-7,12-14H,3,8-11,15H2,1-2H3,(H2,26,28)(H,27,33). The fourth-order valence-electron chi connectivity index (χ4n) is 5.06. The van der Waals surface area contributed by atoms with Crippen LogP contribution in [-0.2, 0) is 12.0 Å². The van der Waals surface area contributed by atoms with Gasteiger partial charge in [-0.25, -0.2) is 9.78 Å². The van der Waals surface area contributed by atoms with Crippen LogP contribution >= 0.6 is 0 Å². The van der Waals surface area contributed by atoms with Gasteiger partial charge in [0, 0.05) is 60.2 Å². The van der Waals surface area contributed by atoms with Gasteiger partial charge in [0.15, 0.2) is 5.78 Å². The third-order valence-corrected chi connectivity index (χ3v) is 6.91. The number of carbonyl (C=O) groups excluding carboxylic acids is 2. The van der Waals surface area contributed by atoms with Gasteiger partial charge in [-0.05, 0) is 44.4 Å². The molecule has 0 radical (unpaired) electrons. The van der Waals surface area contributed by atoms with Crippen molar-refractivity contribution >= 4 is 17.6 Å². The number of nitrogens with zero attached hydrogens (tertiary/aromatic N) is 4. The molecule has 2 aliphatic rings. The minimum atomic E-state index is -0.0388. The summed E-state index contributed by atoms with van der Waals surface area (Å²) in [5.74, 6) is 0.464. The van der Waals surface area contributed by atoms with Crippen molar-refractivity contribution in [1.29, 1.82) is 0 Å². The molecule has 0 saturated carbocycles. The zero-order valence-electron chi connectivity index (χ0n) is 19.0. The molecule has 2 aliphatic heterocycles. The van der Waals surface area contributed by atoms with Gasteiger partial charge < -0.3 is 16.0 Å². The molecule has 1 saturated heterocycles. The van der Waals surface area contributed by atoms with Gasteiger partial charge in [0.2, 0.25) is 0 Å². The van der Waals surface area contributed by atoms with Gasteiger partial charge in [0.25, 0.3) is 0 Å². The molecule has 1 aromatic carbocycles. The van der Waals surface area contributed by atoms with E-state index in [0.717, 1.165) is 54.9 Å². The van der Waals surface area contributed by atoms with Crippen LogP contribution < -0.4 is 11.1 Å². The second kappa shape index (κ2) is 8.03. The summed E-state index contributed by atoms with van der Waals surface area (Å²) >= 11 is 0. The molecule has 1 atom stereocenters. The van der Waals surface area contributed by atoms with Gasteiger partial charge in [-0.1, -0.05) is 24.3 Å². The lowest BCUT2D eigenvalue weighted by molar-refractivity contribution is 0.101. The number of hydrogen-bond donors (Lipinski definition) is 2. The van der Waals surface area contributed by atoms with E-state index in [4.69, 9.17) is 10.8 Å². The highest BCUT2D eigenvalue weighted by Gasteiger charge is 2.46. The largest absolute Gasteiger partial charge is 0.383 e. The molecular weight excluding hydrogens is 416 g/mol. The Kier molecular flexibility index (Phi) is 5.15. The Labute approximate surface area is 192 Å². The zero-order chi connectivity index (χ0) is 23.2. The van der Waals surface area contributed by atoms with E-state index in [1.54, 1.807) is 25.3 Å². The van der Waals surface area contributed by atoms with E-state index in [2.05, 4.69) is 21.0 Å². The van der Waals surface area contributed by atoms with Gasteiger partial charge in [-0.2, -0.15) is 5.10 Å². The van der Waals surface area contributed by atoms with Crippen LogP contribution in [0.2, 0.25) is 0 Å². The number of rotatable bonds is 4. The van der Waals surface area contributed by atoms with Crippen molar-refractivity contribution in [1.82, 2.24) is 25.0 Å². The minimum absolute atomic E-state index is 0.00994. The van der Waals surface area contributed by atoms with Crippen LogP contribution in [0.1, 0.15) is 42.7 Å². The Morgan fingerprint density at radius 3 is 2.61 bits per heavy atom. The van der Waals surface area contributed by atoms with Crippen molar-refractivity contribution in [2.24, 2.45) is 0 Å². The average Bonchev–Trinajstić information content (AvgIpc) is 3.51. The van der Waals surface area contributed by atoms with Crippen LogP contribution in [0.3, 0.4) is 0 Å². The molecule has 3 N–H and O–H groups in total. The Morgan fingerprint density at radius 1 is 1.12 bits per heavy atom. The summed E-state index contributed by atoms with van der Waals surface area (Å²) in [7, 11) is 0. The Hall–Kier alpha value is -3.68. The number of amides is 2. The Morgan fingerprint density at radius 2 is 1.88 bits per heavy atom. The van der Waals surface area contributed by atoms with Crippen molar-refractivity contribution < 1.29 is 9.59 Å². The number of fused-ring (bicyclic) bond motifs is 2. The fraction of sp³-hybridized carbons (Fsp3) is 0.360. The van der Waals surface area contributed by atoms with Crippen LogP contribution in [0.25, 0.3) is 22.4 Å². The van der Waals surface area contributed by atoms with Crippen LogP contribution in [0.5, 0.6) is 0 Å². The number of aromatic nitrogens is 3. The molecule has 3 aromatic rings. The minimum Gasteiger partial charge on any atom is -0.383 e. The molecule has 0 bridgehead atoms. The van der Waals surface area contributed by atoms with Gasteiger partial charge >= 0.3 is 6.03 Å². The lowest BCUT2D eigenvalue weighted by atomic mass is 9.82. The van der Waals surface area contributed by atoms with E-state index in [0.29, 0.717) is 17.9 Å². The maximum absolute atomic E-state index is 12.3. The number of anilines is 1. The van der Waals surface area contributed by atoms with Gasteiger partial charge in [0.05, 0.1) is 5.69 Å². The predicted molar refractivity (Wildman–Crippen MR) is 127 cm³/mol. The molecular formula is C25H28N6O2. The lowest BCUT2D eigenvalue weighted by Crippen LogP contribution is -2.40. The number of nitrogens with one attached hydrogen (secondary N) is 1. The maximum Gasteiger partial charge on any atom is 0.317 e. The molecule has 2 amide bonds. The van der Waals surface area contributed by atoms with E-state index in [-0.39, 0.29) is 17.2 Å². The first-order valence-corrected chi connectivity index (χ1v) is 11.4. The van der Waals surface area contributed by atoms with Gasteiger partial charge in [-0.15, -0.1) is 0 Å². The highest BCUT2D eigenvalue weighted by molar-refractivity contribution is 5.94. The van der Waals surface area contributed by atoms with Crippen molar-refractivity contribution in [3.05, 3.63) is 53.9 Å². The van der Waals surface area contributed by atoms with Gasteiger partial charge in [0.1, 0.15) is 5.82 Å². The number of hydrogen-bond acceptors (Lipinski definition) is 5. The fourth-order valence-corrected chi connectivity index (χ4v) is 5.06. The topological polar surface area (TPSA) is 106 Å². The SMILES string of the molecule is CCNC(=O)N1CCC2(CCn3nc(-c4cnc(N)c(-c5ccc(C(C)=O)cc5)c4)cc32)C1. The highest BCUT2D eigenvalue weighted by atomic mass is 16.2. The predicted octanol–water partition coefficient (Wildman–Crippen LogP) is 3.47. The summed E-state index contributed by atoms with van der Waals surface area (Å²) in [6.07, 6.45) is 3.70. The van der Waals surface area contributed by atoms with Crippen molar-refractivity contribution in [3.63, 3.8) is 0 Å². The summed E-state index contributed by atoms with van der Waals surface area (Å²) in [6, 6.07) is 11.6. The number of nitrogens with two attached hydrogens (primary N) is 1. The number of nitrogen functional groups attached to an aromatic ring is 1. The molecule has 1 fully saturated rings. The van der Waals surface area contributed by atoms with Crippen LogP contribution in [0, 0.1) is 0 Å². The lowest BCUT2D eigenvalue weighted by Gasteiger charge is -2.23. The van der Waals surface area contributed by atoms with Crippen molar-refractivity contribution in [3.8, 4) is 22.4 Å². The van der Waals surface area contributed by atoms with E-state index in [9.17, 15) is 9.59 Å². The molecule has 8 heteroatoms. The van der Waals surface area contributed by atoms with E-state index >= 15 is 0 Å². The van der Waals surface area contributed by atoms with Crippen LogP contribution in [0.4, 0.5) is 10.6 Å². The molecule has 2 aromatic heterocycles. The molecule has 1 unspecified atom stereocenters. The number of urea groups is 1. The number of benzene rings is 1. The molecule has 1 spiro atoms. The average molecular weight is 445 g/mol. The van der Waals surface area contributed by atoms with Gasteiger partial charge in [-0.3, -0.25) is 9.48 Å². The highest BCUT2D eigenvalue weighted by Crippen LogP contribution is 2.44. The molecule has 170 valence electrons. The number of likely N-dealkylation sites (tertiary alicyclic amines) is 1. The van der Waals surface area contributed by atoms with Crippen LogP contribution in [0.15, 0.2) is 42.6 Å². The summed E-state index contributed by atoms with van der Waals surface area (Å²) in [5, 5.41) is 7.77. The summed E-state index contributed by atoms with van der Waals surface area (Å²) < 4.78 is 2.08. The van der Waals surface area contributed by atoms with Crippen LogP contribution in [-0.4, -0.2) is 51.1 Å². The quantitative estimate of drug-likeness (QED) is 0.600. The first kappa shape index (κ1) is 21.2. The number of carbonyl (C=O) groups is 2. The Bertz CT molecular complexity index is 1230. The maximum atomic E-state index is 12.3. The van der Waals surface area contributed by atoms with E-state index < -0.39 is 0 Å². The van der Waals surface area contributed by atoms with E-state index in [1.165, 1.54) is 5.69 Å². The monoisotopic (exact) mass is 444 g/mol. The second-order valence-electron chi connectivity index (χ2n) is 8.97. The second-order valence-corrected chi connectivity index (χ2v) is 8.97. The molecule has 33 heavy (non-hydrogen) atoms. The first-order valence-electron chi connectivity index (χ1n) is 11.4. The number of aryl methyl sites for hydroxylation is 1. The number of Topliss-reactive ketones (excluding diaryl/α,β-unsaturated/α-hetero) is 1. The number of pyridine rings is 1. The molecule has 0 aliphatic carbocycles. The Balaban J connectivity index is 1.44. The number of ketones is 1. The molecule has 8 nitrogen and oxygen atoms in total. The first-order chi connectivity index (χ1) is 15.9. The molecule has 4 heterocycles. The molecule has 5 rings (SSSR count). The van der Waals surface area contributed by atoms with E-state index in [1.807, 2.05) is 30.0 Å². The zero-order valence-corrected chi connectivity index (χ0v) is 19.0. The summed E-state index contributed by atoms with van der Waals surface area (Å²) in [6.45, 7) is 6.45. The third kappa shape index (κ3) is 3.65. The summed E-state index contributed by atoms with van der Waals surface area (Å²) in [4.78, 5) is 30.3.